The lowest BCUT2D eigenvalue weighted by Gasteiger charge is -2.34. The summed E-state index contributed by atoms with van der Waals surface area (Å²) in [6.07, 6.45) is 0. The number of carbonyl (C=O) groups is 1. The summed E-state index contributed by atoms with van der Waals surface area (Å²) >= 11 is 0. The van der Waals surface area contributed by atoms with Gasteiger partial charge in [0, 0.05) is 31.7 Å². The molecule has 136 valence electrons. The molecule has 1 N–H and O–H groups in total. The van der Waals surface area contributed by atoms with E-state index in [1.807, 2.05) is 6.07 Å². The van der Waals surface area contributed by atoms with Gasteiger partial charge in [0.2, 0.25) is 10.0 Å². The molecule has 1 aromatic carbocycles. The molecule has 0 unspecified atom stereocenters. The number of hydrogen-bond acceptors (Lipinski definition) is 5. The molecule has 9 heteroatoms. The van der Waals surface area contributed by atoms with Gasteiger partial charge < -0.3 is 4.90 Å². The van der Waals surface area contributed by atoms with Crippen molar-refractivity contribution in [3.05, 3.63) is 46.8 Å². The monoisotopic (exact) mass is 373 g/mol. The van der Waals surface area contributed by atoms with Crippen LogP contribution in [0.25, 0.3) is 0 Å². The first-order valence-electron chi connectivity index (χ1n) is 8.15. The van der Waals surface area contributed by atoms with Crippen LogP contribution in [-0.2, 0) is 10.0 Å². The smallest absolute Gasteiger partial charge is 0.253 e. The van der Waals surface area contributed by atoms with Gasteiger partial charge in [-0.25, -0.2) is 8.42 Å². The SMILES string of the molecule is Cc1n[nH]c(C)c1S(=O)(=O)N1CCN(C(=O)c2cccc(C#N)c2)CC1. The second kappa shape index (κ2) is 6.90. The number of nitriles is 1. The van der Waals surface area contributed by atoms with Gasteiger partial charge in [0.25, 0.3) is 5.91 Å². The van der Waals surface area contributed by atoms with Crippen molar-refractivity contribution in [1.29, 1.82) is 5.26 Å². The predicted octanol–water partition coefficient (Wildman–Crippen LogP) is 1.04. The van der Waals surface area contributed by atoms with Gasteiger partial charge in [0.15, 0.2) is 0 Å². The average molecular weight is 373 g/mol. The Morgan fingerprint density at radius 1 is 1.23 bits per heavy atom. The minimum atomic E-state index is -3.65. The molecule has 0 bridgehead atoms. The third kappa shape index (κ3) is 3.21. The zero-order valence-corrected chi connectivity index (χ0v) is 15.4. The average Bonchev–Trinajstić information content (AvgIpc) is 3.00. The van der Waals surface area contributed by atoms with E-state index in [0.717, 1.165) is 0 Å². The fourth-order valence-electron chi connectivity index (χ4n) is 3.09. The number of benzene rings is 1. The Balaban J connectivity index is 1.73. The molecule has 0 spiro atoms. The van der Waals surface area contributed by atoms with Crippen LogP contribution < -0.4 is 0 Å². The van der Waals surface area contributed by atoms with E-state index in [2.05, 4.69) is 10.2 Å². The highest BCUT2D eigenvalue weighted by Gasteiger charge is 2.33. The molecular weight excluding hydrogens is 354 g/mol. The molecule has 2 heterocycles. The minimum absolute atomic E-state index is 0.199. The Labute approximate surface area is 152 Å². The van der Waals surface area contributed by atoms with Crippen molar-refractivity contribution < 1.29 is 13.2 Å². The number of H-pyrrole nitrogens is 1. The molecule has 0 atom stereocenters. The molecule has 0 aliphatic carbocycles. The van der Waals surface area contributed by atoms with Crippen molar-refractivity contribution in [2.24, 2.45) is 0 Å². The van der Waals surface area contributed by atoms with E-state index in [4.69, 9.17) is 5.26 Å². The normalized spacial score (nSPS) is 15.7. The highest BCUT2D eigenvalue weighted by atomic mass is 32.2. The van der Waals surface area contributed by atoms with Gasteiger partial charge in [0.1, 0.15) is 4.90 Å². The van der Waals surface area contributed by atoms with Crippen LogP contribution in [-0.4, -0.2) is 59.9 Å². The van der Waals surface area contributed by atoms with Crippen molar-refractivity contribution in [1.82, 2.24) is 19.4 Å². The molecular formula is C17H19N5O3S. The maximum Gasteiger partial charge on any atom is 0.253 e. The van der Waals surface area contributed by atoms with Gasteiger partial charge in [0.05, 0.1) is 23.0 Å². The maximum atomic E-state index is 12.8. The number of sulfonamides is 1. The molecule has 1 aliphatic heterocycles. The second-order valence-corrected chi connectivity index (χ2v) is 8.03. The molecule has 1 aromatic heterocycles. The van der Waals surface area contributed by atoms with Crippen LogP contribution in [0.2, 0.25) is 0 Å². The topological polar surface area (TPSA) is 110 Å². The van der Waals surface area contributed by atoms with Crippen LogP contribution in [0.4, 0.5) is 0 Å². The number of hydrogen-bond donors (Lipinski definition) is 1. The summed E-state index contributed by atoms with van der Waals surface area (Å²) in [5, 5.41) is 15.6. The standard InChI is InChI=1S/C17H19N5O3S/c1-12-16(13(2)20-19-12)26(24,25)22-8-6-21(7-9-22)17(23)15-5-3-4-14(10-15)11-18/h3-5,10H,6-9H2,1-2H3,(H,19,20). The summed E-state index contributed by atoms with van der Waals surface area (Å²) in [6, 6.07) is 8.51. The van der Waals surface area contributed by atoms with Gasteiger partial charge in [-0.1, -0.05) is 6.07 Å². The summed E-state index contributed by atoms with van der Waals surface area (Å²) in [6.45, 7) is 4.36. The third-order valence-electron chi connectivity index (χ3n) is 4.42. The first-order valence-corrected chi connectivity index (χ1v) is 9.59. The van der Waals surface area contributed by atoms with Crippen molar-refractivity contribution in [3.8, 4) is 6.07 Å². The molecule has 0 saturated carbocycles. The van der Waals surface area contributed by atoms with Crippen molar-refractivity contribution >= 4 is 15.9 Å². The van der Waals surface area contributed by atoms with Crippen LogP contribution in [0, 0.1) is 25.2 Å². The zero-order valence-electron chi connectivity index (χ0n) is 14.6. The summed E-state index contributed by atoms with van der Waals surface area (Å²) in [5.74, 6) is -0.199. The van der Waals surface area contributed by atoms with Gasteiger partial charge >= 0.3 is 0 Å². The van der Waals surface area contributed by atoms with Crippen molar-refractivity contribution in [3.63, 3.8) is 0 Å². The van der Waals surface area contributed by atoms with E-state index >= 15 is 0 Å². The highest BCUT2D eigenvalue weighted by Crippen LogP contribution is 2.23. The van der Waals surface area contributed by atoms with Crippen LogP contribution in [0.5, 0.6) is 0 Å². The van der Waals surface area contributed by atoms with Gasteiger partial charge in [-0.05, 0) is 32.0 Å². The molecule has 1 amide bonds. The Morgan fingerprint density at radius 2 is 1.92 bits per heavy atom. The molecule has 26 heavy (non-hydrogen) atoms. The second-order valence-electron chi connectivity index (χ2n) is 6.15. The fraction of sp³-hybridized carbons (Fsp3) is 0.353. The first kappa shape index (κ1) is 18.1. The number of rotatable bonds is 3. The summed E-state index contributed by atoms with van der Waals surface area (Å²) in [4.78, 5) is 14.4. The molecule has 1 fully saturated rings. The number of aromatic nitrogens is 2. The maximum absolute atomic E-state index is 12.8. The number of carbonyl (C=O) groups excluding carboxylic acids is 1. The largest absolute Gasteiger partial charge is 0.336 e. The van der Waals surface area contributed by atoms with E-state index in [9.17, 15) is 13.2 Å². The Morgan fingerprint density at radius 3 is 2.50 bits per heavy atom. The van der Waals surface area contributed by atoms with Crippen molar-refractivity contribution in [2.45, 2.75) is 18.7 Å². The van der Waals surface area contributed by atoms with Crippen molar-refractivity contribution in [2.75, 3.05) is 26.2 Å². The molecule has 2 aromatic rings. The Bertz CT molecular complexity index is 963. The van der Waals surface area contributed by atoms with Gasteiger partial charge in [-0.15, -0.1) is 0 Å². The lowest BCUT2D eigenvalue weighted by Crippen LogP contribution is -2.50. The van der Waals surface area contributed by atoms with Gasteiger partial charge in [-0.3, -0.25) is 9.89 Å². The number of nitrogens with one attached hydrogen (secondary N) is 1. The predicted molar refractivity (Wildman–Crippen MR) is 93.9 cm³/mol. The highest BCUT2D eigenvalue weighted by molar-refractivity contribution is 7.89. The summed E-state index contributed by atoms with van der Waals surface area (Å²) in [7, 11) is -3.65. The quantitative estimate of drug-likeness (QED) is 0.864. The number of amides is 1. The molecule has 0 radical (unpaired) electrons. The van der Waals surface area contributed by atoms with E-state index in [1.54, 1.807) is 43.0 Å². The molecule has 1 aliphatic rings. The van der Waals surface area contributed by atoms with Crippen LogP contribution in [0.1, 0.15) is 27.3 Å². The fourth-order valence-corrected chi connectivity index (χ4v) is 4.84. The zero-order chi connectivity index (χ0) is 18.9. The Hall–Kier alpha value is -2.70. The van der Waals surface area contributed by atoms with E-state index in [1.165, 1.54) is 4.31 Å². The van der Waals surface area contributed by atoms with Crippen LogP contribution >= 0.6 is 0 Å². The first-order chi connectivity index (χ1) is 12.3. The number of aryl methyl sites for hydroxylation is 2. The molecule has 8 nitrogen and oxygen atoms in total. The van der Waals surface area contributed by atoms with E-state index in [0.29, 0.717) is 35.6 Å². The molecule has 3 rings (SSSR count). The lowest BCUT2D eigenvalue weighted by atomic mass is 10.1. The minimum Gasteiger partial charge on any atom is -0.336 e. The van der Waals surface area contributed by atoms with Crippen LogP contribution in [0.15, 0.2) is 29.2 Å². The number of nitrogens with zero attached hydrogens (tertiary/aromatic N) is 4. The van der Waals surface area contributed by atoms with E-state index < -0.39 is 10.0 Å². The van der Waals surface area contributed by atoms with Gasteiger partial charge in [-0.2, -0.15) is 14.7 Å². The van der Waals surface area contributed by atoms with Crippen LogP contribution in [0.3, 0.4) is 0 Å². The summed E-state index contributed by atoms with van der Waals surface area (Å²) in [5.41, 5.74) is 1.80. The molecule has 1 saturated heterocycles. The number of aromatic amines is 1. The Kier molecular flexibility index (Phi) is 4.80. The summed E-state index contributed by atoms with van der Waals surface area (Å²) < 4.78 is 27.1. The third-order valence-corrected chi connectivity index (χ3v) is 6.59. The number of piperazine rings is 1. The lowest BCUT2D eigenvalue weighted by molar-refractivity contribution is 0.0698. The van der Waals surface area contributed by atoms with E-state index in [-0.39, 0.29) is 23.9 Å².